The molecule has 0 N–H and O–H groups in total. The van der Waals surface area contributed by atoms with Crippen molar-refractivity contribution in [2.24, 2.45) is 0 Å². The predicted octanol–water partition coefficient (Wildman–Crippen LogP) is 1.87. The van der Waals surface area contributed by atoms with E-state index in [1.54, 1.807) is 12.4 Å². The molecule has 7 nitrogen and oxygen atoms in total. The number of piperazine rings is 1. The Hall–Kier alpha value is -2.02. The van der Waals surface area contributed by atoms with Gasteiger partial charge in [-0.15, -0.1) is 0 Å². The van der Waals surface area contributed by atoms with Crippen LogP contribution in [0.3, 0.4) is 0 Å². The maximum absolute atomic E-state index is 5.41. The first-order valence-corrected chi connectivity index (χ1v) is 7.74. The first-order chi connectivity index (χ1) is 10.6. The van der Waals surface area contributed by atoms with Gasteiger partial charge in [-0.05, 0) is 13.0 Å². The largest absolute Gasteiger partial charge is 0.338 e. The fourth-order valence-electron chi connectivity index (χ4n) is 2.57. The molecule has 0 amide bonds. The van der Waals surface area contributed by atoms with Crippen molar-refractivity contribution >= 4 is 5.95 Å². The number of aromatic nitrogens is 4. The number of hydrogen-bond acceptors (Lipinski definition) is 7. The van der Waals surface area contributed by atoms with Crippen molar-refractivity contribution in [1.29, 1.82) is 0 Å². The Kier molecular flexibility index (Phi) is 4.33. The van der Waals surface area contributed by atoms with E-state index in [-0.39, 0.29) is 12.0 Å². The summed E-state index contributed by atoms with van der Waals surface area (Å²) in [5.74, 6) is 2.57. The minimum atomic E-state index is 0.138. The van der Waals surface area contributed by atoms with Crippen molar-refractivity contribution < 1.29 is 4.52 Å². The van der Waals surface area contributed by atoms with Gasteiger partial charge in [0.05, 0.1) is 6.04 Å². The normalized spacial score (nSPS) is 17.9. The fraction of sp³-hybridized carbons (Fsp3) is 0.600. The Bertz CT molecular complexity index is 591. The zero-order valence-corrected chi connectivity index (χ0v) is 13.3. The molecule has 1 fully saturated rings. The van der Waals surface area contributed by atoms with Gasteiger partial charge in [0.15, 0.2) is 5.82 Å². The van der Waals surface area contributed by atoms with Crippen LogP contribution in [-0.4, -0.2) is 51.2 Å². The maximum Gasteiger partial charge on any atom is 0.243 e. The Labute approximate surface area is 130 Å². The average molecular weight is 302 g/mol. The molecule has 0 spiro atoms. The summed E-state index contributed by atoms with van der Waals surface area (Å²) in [6.45, 7) is 9.92. The Morgan fingerprint density at radius 2 is 1.73 bits per heavy atom. The first kappa shape index (κ1) is 14.9. The summed E-state index contributed by atoms with van der Waals surface area (Å²) >= 11 is 0. The number of nitrogens with zero attached hydrogens (tertiary/aromatic N) is 6. The molecule has 3 heterocycles. The van der Waals surface area contributed by atoms with Crippen LogP contribution in [0.25, 0.3) is 0 Å². The van der Waals surface area contributed by atoms with Crippen molar-refractivity contribution in [2.45, 2.75) is 32.7 Å². The van der Waals surface area contributed by atoms with Crippen LogP contribution in [0, 0.1) is 0 Å². The second kappa shape index (κ2) is 6.39. The van der Waals surface area contributed by atoms with Gasteiger partial charge < -0.3 is 9.42 Å². The third kappa shape index (κ3) is 3.09. The SMILES string of the molecule is CC(C)c1noc([C@@H](C)N2CCN(c3ncccn3)CC2)n1. The lowest BCUT2D eigenvalue weighted by Crippen LogP contribution is -2.47. The number of anilines is 1. The first-order valence-electron chi connectivity index (χ1n) is 7.74. The van der Waals surface area contributed by atoms with E-state index >= 15 is 0 Å². The number of hydrogen-bond donors (Lipinski definition) is 0. The quantitative estimate of drug-likeness (QED) is 0.853. The molecule has 2 aromatic heterocycles. The molecule has 0 bridgehead atoms. The summed E-state index contributed by atoms with van der Waals surface area (Å²) < 4.78 is 5.41. The molecule has 1 aliphatic heterocycles. The lowest BCUT2D eigenvalue weighted by atomic mass is 10.2. The highest BCUT2D eigenvalue weighted by Crippen LogP contribution is 2.22. The van der Waals surface area contributed by atoms with Crippen molar-refractivity contribution in [1.82, 2.24) is 25.0 Å². The van der Waals surface area contributed by atoms with E-state index in [0.717, 1.165) is 38.0 Å². The molecule has 1 saturated heterocycles. The highest BCUT2D eigenvalue weighted by Gasteiger charge is 2.26. The minimum Gasteiger partial charge on any atom is -0.338 e. The standard InChI is InChI=1S/C15H22N6O/c1-11(2)13-18-14(22-19-13)12(3)20-7-9-21(10-8-20)15-16-5-4-6-17-15/h4-6,11-12H,7-10H2,1-3H3/t12-/m1/s1. The predicted molar refractivity (Wildman–Crippen MR) is 82.6 cm³/mol. The van der Waals surface area contributed by atoms with Gasteiger partial charge in [0.2, 0.25) is 11.8 Å². The van der Waals surface area contributed by atoms with Gasteiger partial charge in [-0.1, -0.05) is 19.0 Å². The van der Waals surface area contributed by atoms with Gasteiger partial charge in [0, 0.05) is 44.5 Å². The summed E-state index contributed by atoms with van der Waals surface area (Å²) in [5, 5.41) is 4.05. The van der Waals surface area contributed by atoms with Crippen LogP contribution in [0.4, 0.5) is 5.95 Å². The molecule has 3 rings (SSSR count). The molecule has 7 heteroatoms. The molecule has 1 atom stereocenters. The van der Waals surface area contributed by atoms with E-state index in [1.807, 2.05) is 6.07 Å². The lowest BCUT2D eigenvalue weighted by Gasteiger charge is -2.36. The van der Waals surface area contributed by atoms with Gasteiger partial charge in [0.25, 0.3) is 0 Å². The van der Waals surface area contributed by atoms with Gasteiger partial charge in [-0.3, -0.25) is 4.90 Å². The summed E-state index contributed by atoms with van der Waals surface area (Å²) in [7, 11) is 0. The van der Waals surface area contributed by atoms with Crippen molar-refractivity contribution in [2.75, 3.05) is 31.1 Å². The van der Waals surface area contributed by atoms with Crippen molar-refractivity contribution in [3.8, 4) is 0 Å². The molecule has 0 unspecified atom stereocenters. The molecule has 1 aliphatic rings. The third-order valence-electron chi connectivity index (χ3n) is 4.03. The van der Waals surface area contributed by atoms with Gasteiger partial charge >= 0.3 is 0 Å². The Balaban J connectivity index is 1.60. The zero-order valence-electron chi connectivity index (χ0n) is 13.3. The molecule has 2 aromatic rings. The monoisotopic (exact) mass is 302 g/mol. The topological polar surface area (TPSA) is 71.2 Å². The molecule has 0 saturated carbocycles. The van der Waals surface area contributed by atoms with Crippen LogP contribution in [-0.2, 0) is 0 Å². The smallest absolute Gasteiger partial charge is 0.243 e. The summed E-state index contributed by atoms with van der Waals surface area (Å²) in [4.78, 5) is 17.7. The van der Waals surface area contributed by atoms with E-state index in [0.29, 0.717) is 5.89 Å². The second-order valence-electron chi connectivity index (χ2n) is 5.89. The number of rotatable bonds is 4. The Morgan fingerprint density at radius 1 is 1.05 bits per heavy atom. The molecular formula is C15H22N6O. The van der Waals surface area contributed by atoms with Crippen LogP contribution in [0.5, 0.6) is 0 Å². The van der Waals surface area contributed by atoms with E-state index < -0.39 is 0 Å². The van der Waals surface area contributed by atoms with Crippen LogP contribution in [0.15, 0.2) is 23.0 Å². The summed E-state index contributed by atoms with van der Waals surface area (Å²) in [6, 6.07) is 1.97. The zero-order chi connectivity index (χ0) is 15.5. The minimum absolute atomic E-state index is 0.138. The van der Waals surface area contributed by atoms with Gasteiger partial charge in [-0.25, -0.2) is 9.97 Å². The van der Waals surface area contributed by atoms with Crippen LogP contribution in [0.2, 0.25) is 0 Å². The lowest BCUT2D eigenvalue weighted by molar-refractivity contribution is 0.163. The van der Waals surface area contributed by atoms with Crippen molar-refractivity contribution in [3.63, 3.8) is 0 Å². The van der Waals surface area contributed by atoms with E-state index in [4.69, 9.17) is 4.52 Å². The molecule has 0 aliphatic carbocycles. The highest BCUT2D eigenvalue weighted by molar-refractivity contribution is 5.29. The van der Waals surface area contributed by atoms with E-state index in [2.05, 4.69) is 50.7 Å². The van der Waals surface area contributed by atoms with Gasteiger partial charge in [0.1, 0.15) is 0 Å². The van der Waals surface area contributed by atoms with Crippen LogP contribution < -0.4 is 4.90 Å². The summed E-state index contributed by atoms with van der Waals surface area (Å²) in [6.07, 6.45) is 3.56. The maximum atomic E-state index is 5.41. The molecule has 22 heavy (non-hydrogen) atoms. The second-order valence-corrected chi connectivity index (χ2v) is 5.89. The van der Waals surface area contributed by atoms with Crippen molar-refractivity contribution in [3.05, 3.63) is 30.2 Å². The van der Waals surface area contributed by atoms with Gasteiger partial charge in [-0.2, -0.15) is 4.98 Å². The molecular weight excluding hydrogens is 280 g/mol. The molecule has 118 valence electrons. The van der Waals surface area contributed by atoms with E-state index in [9.17, 15) is 0 Å². The van der Waals surface area contributed by atoms with E-state index in [1.165, 1.54) is 0 Å². The molecule has 0 aromatic carbocycles. The fourth-order valence-corrected chi connectivity index (χ4v) is 2.57. The third-order valence-corrected chi connectivity index (χ3v) is 4.03. The average Bonchev–Trinajstić information content (AvgIpc) is 3.05. The summed E-state index contributed by atoms with van der Waals surface area (Å²) in [5.41, 5.74) is 0. The molecule has 0 radical (unpaired) electrons. The van der Waals surface area contributed by atoms with Crippen LogP contribution in [0.1, 0.15) is 44.4 Å². The van der Waals surface area contributed by atoms with Crippen LogP contribution >= 0.6 is 0 Å². The Morgan fingerprint density at radius 3 is 2.32 bits per heavy atom. The highest BCUT2D eigenvalue weighted by atomic mass is 16.5.